The molecule has 1 atom stereocenters. The van der Waals surface area contributed by atoms with Gasteiger partial charge in [0.05, 0.1) is 24.0 Å². The lowest BCUT2D eigenvalue weighted by molar-refractivity contribution is -0.136. The minimum absolute atomic E-state index is 0.103. The highest BCUT2D eigenvalue weighted by Crippen LogP contribution is 2.15. The van der Waals surface area contributed by atoms with Crippen LogP contribution in [0.15, 0.2) is 24.5 Å². The van der Waals surface area contributed by atoms with Crippen molar-refractivity contribution < 1.29 is 9.90 Å². The van der Waals surface area contributed by atoms with Gasteiger partial charge in [-0.25, -0.2) is 0 Å². The maximum Gasteiger partial charge on any atom is 0.317 e. The van der Waals surface area contributed by atoms with E-state index in [2.05, 4.69) is 15.5 Å². The first-order valence-electron chi connectivity index (χ1n) is 5.98. The van der Waals surface area contributed by atoms with Crippen molar-refractivity contribution in [1.29, 1.82) is 0 Å². The Kier molecular flexibility index (Phi) is 3.96. The van der Waals surface area contributed by atoms with Gasteiger partial charge in [-0.2, -0.15) is 10.2 Å². The van der Waals surface area contributed by atoms with Crippen LogP contribution in [-0.2, 0) is 25.3 Å². The zero-order valence-corrected chi connectivity index (χ0v) is 10.9. The van der Waals surface area contributed by atoms with E-state index < -0.39 is 5.97 Å². The molecular formula is C12H17N5O2. The van der Waals surface area contributed by atoms with Crippen molar-refractivity contribution in [2.24, 2.45) is 14.1 Å². The molecule has 2 N–H and O–H groups in total. The molecule has 7 heteroatoms. The van der Waals surface area contributed by atoms with Crippen LogP contribution in [0.5, 0.6) is 0 Å². The second kappa shape index (κ2) is 5.66. The van der Waals surface area contributed by atoms with Gasteiger partial charge in [0.25, 0.3) is 0 Å². The molecule has 2 aromatic rings. The van der Waals surface area contributed by atoms with Crippen molar-refractivity contribution in [2.75, 3.05) is 6.54 Å². The first kappa shape index (κ1) is 13.3. The summed E-state index contributed by atoms with van der Waals surface area (Å²) in [5.74, 6) is -0.887. The van der Waals surface area contributed by atoms with Crippen molar-refractivity contribution in [3.05, 3.63) is 35.9 Å². The highest BCUT2D eigenvalue weighted by molar-refractivity contribution is 5.69. The highest BCUT2D eigenvalue weighted by atomic mass is 16.4. The number of aryl methyl sites for hydroxylation is 2. The zero-order chi connectivity index (χ0) is 13.8. The Morgan fingerprint density at radius 3 is 2.53 bits per heavy atom. The topological polar surface area (TPSA) is 85.0 Å². The molecule has 102 valence electrons. The normalized spacial score (nSPS) is 12.5. The second-order valence-electron chi connectivity index (χ2n) is 4.43. The smallest absolute Gasteiger partial charge is 0.317 e. The fourth-order valence-corrected chi connectivity index (χ4v) is 1.89. The van der Waals surface area contributed by atoms with Crippen molar-refractivity contribution in [1.82, 2.24) is 24.9 Å². The second-order valence-corrected chi connectivity index (χ2v) is 4.43. The molecule has 0 saturated carbocycles. The third-order valence-corrected chi connectivity index (χ3v) is 2.77. The summed E-state index contributed by atoms with van der Waals surface area (Å²) >= 11 is 0. The van der Waals surface area contributed by atoms with Gasteiger partial charge < -0.3 is 5.11 Å². The van der Waals surface area contributed by atoms with Crippen LogP contribution < -0.4 is 5.32 Å². The first-order valence-corrected chi connectivity index (χ1v) is 5.98. The number of nitrogens with one attached hydrogen (secondary N) is 1. The van der Waals surface area contributed by atoms with Crippen molar-refractivity contribution in [3.63, 3.8) is 0 Å². The average Bonchev–Trinajstić information content (AvgIpc) is 2.93. The fraction of sp³-hybridized carbons (Fsp3) is 0.417. The van der Waals surface area contributed by atoms with Gasteiger partial charge in [-0.1, -0.05) is 0 Å². The summed E-state index contributed by atoms with van der Waals surface area (Å²) in [6.45, 7) is -0.103. The van der Waals surface area contributed by atoms with Crippen molar-refractivity contribution in [2.45, 2.75) is 12.5 Å². The van der Waals surface area contributed by atoms with Crippen LogP contribution in [0.2, 0.25) is 0 Å². The molecule has 2 heterocycles. The number of carboxylic acids is 1. The predicted octanol–water partition coefficient (Wildman–Crippen LogP) is 0.112. The Labute approximate surface area is 110 Å². The summed E-state index contributed by atoms with van der Waals surface area (Å²) in [4.78, 5) is 10.7. The van der Waals surface area contributed by atoms with Gasteiger partial charge in [-0.05, 0) is 12.1 Å². The lowest BCUT2D eigenvalue weighted by atomic mass is 10.1. The summed E-state index contributed by atoms with van der Waals surface area (Å²) in [6, 6.07) is 3.63. The van der Waals surface area contributed by atoms with Crippen LogP contribution >= 0.6 is 0 Å². The van der Waals surface area contributed by atoms with Gasteiger partial charge in [0.15, 0.2) is 0 Å². The van der Waals surface area contributed by atoms with Gasteiger partial charge in [0.1, 0.15) is 0 Å². The Hall–Kier alpha value is -2.15. The molecule has 0 amide bonds. The van der Waals surface area contributed by atoms with Crippen LogP contribution in [0.1, 0.15) is 17.4 Å². The van der Waals surface area contributed by atoms with Gasteiger partial charge in [0.2, 0.25) is 0 Å². The lowest BCUT2D eigenvalue weighted by Crippen LogP contribution is -2.29. The molecule has 0 bridgehead atoms. The summed E-state index contributed by atoms with van der Waals surface area (Å²) in [6.07, 6.45) is 4.30. The van der Waals surface area contributed by atoms with E-state index >= 15 is 0 Å². The number of hydrogen-bond acceptors (Lipinski definition) is 4. The minimum atomic E-state index is -0.887. The molecule has 1 unspecified atom stereocenters. The molecule has 0 fully saturated rings. The van der Waals surface area contributed by atoms with Gasteiger partial charge in [-0.15, -0.1) is 0 Å². The molecule has 7 nitrogen and oxygen atoms in total. The number of rotatable bonds is 6. The highest BCUT2D eigenvalue weighted by Gasteiger charge is 2.17. The predicted molar refractivity (Wildman–Crippen MR) is 68.5 cm³/mol. The summed E-state index contributed by atoms with van der Waals surface area (Å²) in [7, 11) is 3.68. The number of aliphatic carboxylic acids is 1. The van der Waals surface area contributed by atoms with Crippen LogP contribution in [0.3, 0.4) is 0 Å². The van der Waals surface area contributed by atoms with E-state index in [0.717, 1.165) is 11.4 Å². The van der Waals surface area contributed by atoms with Crippen molar-refractivity contribution in [3.8, 4) is 0 Å². The Morgan fingerprint density at radius 2 is 2.00 bits per heavy atom. The molecule has 0 aliphatic heterocycles. The maximum absolute atomic E-state index is 10.7. The van der Waals surface area contributed by atoms with E-state index in [1.807, 2.05) is 38.6 Å². The quantitative estimate of drug-likeness (QED) is 0.772. The molecule has 2 aromatic heterocycles. The summed E-state index contributed by atoms with van der Waals surface area (Å²) in [5.41, 5.74) is 1.71. The first-order chi connectivity index (χ1) is 9.04. The molecule has 0 aromatic carbocycles. The van der Waals surface area contributed by atoms with Crippen LogP contribution in [-0.4, -0.2) is 37.2 Å². The number of nitrogens with zero attached hydrogens (tertiary/aromatic N) is 4. The molecule has 0 aliphatic carbocycles. The number of aromatic nitrogens is 4. The van der Waals surface area contributed by atoms with Crippen molar-refractivity contribution >= 4 is 5.97 Å². The standard InChI is InChI=1S/C12H17N5O2/c1-16-5-3-9(14-16)7-11(13-8-12(18)19)10-4-6-17(2)15-10/h3-6,11,13H,7-8H2,1-2H3,(H,18,19). The Bertz CT molecular complexity index is 560. The van der Waals surface area contributed by atoms with Gasteiger partial charge in [0, 0.05) is 32.9 Å². The van der Waals surface area contributed by atoms with Crippen LogP contribution in [0, 0.1) is 0 Å². The van der Waals surface area contributed by atoms with E-state index in [9.17, 15) is 4.79 Å². The molecule has 0 saturated heterocycles. The minimum Gasteiger partial charge on any atom is -0.480 e. The number of carbonyl (C=O) groups is 1. The van der Waals surface area contributed by atoms with E-state index in [4.69, 9.17) is 5.11 Å². The van der Waals surface area contributed by atoms with Gasteiger partial charge >= 0.3 is 5.97 Å². The largest absolute Gasteiger partial charge is 0.480 e. The monoisotopic (exact) mass is 263 g/mol. The third kappa shape index (κ3) is 3.65. The Morgan fingerprint density at radius 1 is 1.32 bits per heavy atom. The van der Waals surface area contributed by atoms with Gasteiger partial charge in [-0.3, -0.25) is 19.5 Å². The molecule has 2 rings (SSSR count). The third-order valence-electron chi connectivity index (χ3n) is 2.77. The van der Waals surface area contributed by atoms with E-state index in [1.165, 1.54) is 0 Å². The molecule has 19 heavy (non-hydrogen) atoms. The van der Waals surface area contributed by atoms with E-state index in [1.54, 1.807) is 9.36 Å². The van der Waals surface area contributed by atoms with E-state index in [-0.39, 0.29) is 12.6 Å². The van der Waals surface area contributed by atoms with E-state index in [0.29, 0.717) is 6.42 Å². The fourth-order valence-electron chi connectivity index (χ4n) is 1.89. The molecule has 0 spiro atoms. The number of carboxylic acid groups (broad SMARTS) is 1. The summed E-state index contributed by atoms with van der Waals surface area (Å²) < 4.78 is 3.42. The van der Waals surface area contributed by atoms with Crippen LogP contribution in [0.25, 0.3) is 0 Å². The number of hydrogen-bond donors (Lipinski definition) is 2. The van der Waals surface area contributed by atoms with Crippen LogP contribution in [0.4, 0.5) is 0 Å². The average molecular weight is 263 g/mol. The molecule has 0 radical (unpaired) electrons. The SMILES string of the molecule is Cn1ccc(CC(NCC(=O)O)c2ccn(C)n2)n1. The molecule has 0 aliphatic rings. The lowest BCUT2D eigenvalue weighted by Gasteiger charge is -2.14. The summed E-state index contributed by atoms with van der Waals surface area (Å²) in [5, 5.41) is 20.4. The Balaban J connectivity index is 2.11. The maximum atomic E-state index is 10.7. The zero-order valence-electron chi connectivity index (χ0n) is 10.9. The molecular weight excluding hydrogens is 246 g/mol.